The van der Waals surface area contributed by atoms with E-state index in [0.29, 0.717) is 15.7 Å². The number of amides is 2. The summed E-state index contributed by atoms with van der Waals surface area (Å²) in [5.41, 5.74) is 5.84. The molecule has 0 fully saturated rings. The maximum absolute atomic E-state index is 12.1. The van der Waals surface area contributed by atoms with Gasteiger partial charge in [-0.05, 0) is 27.7 Å². The number of aromatic nitrogens is 1. The van der Waals surface area contributed by atoms with Gasteiger partial charge in [-0.2, -0.15) is 0 Å². The molecule has 106 valence electrons. The van der Waals surface area contributed by atoms with Crippen molar-refractivity contribution in [3.8, 4) is 0 Å². The van der Waals surface area contributed by atoms with E-state index in [1.54, 1.807) is 14.0 Å². The average molecular weight is 284 g/mol. The summed E-state index contributed by atoms with van der Waals surface area (Å²) in [6.45, 7) is 7.40. The third-order valence-corrected chi connectivity index (χ3v) is 3.22. The smallest absolute Gasteiger partial charge is 0.266 e. The molecular formula is C12H20N4O2S. The highest BCUT2D eigenvalue weighted by atomic mass is 32.1. The molecule has 1 rings (SSSR count). The Bertz CT molecular complexity index is 490. The first kappa shape index (κ1) is 15.4. The van der Waals surface area contributed by atoms with Crippen LogP contribution in [0.4, 0.5) is 5.13 Å². The fourth-order valence-electron chi connectivity index (χ4n) is 1.53. The molecule has 0 saturated carbocycles. The number of nitrogens with two attached hydrogens (primary N) is 1. The molecule has 0 aromatic carbocycles. The summed E-state index contributed by atoms with van der Waals surface area (Å²) >= 11 is 1.13. The monoisotopic (exact) mass is 284 g/mol. The van der Waals surface area contributed by atoms with Gasteiger partial charge in [0, 0.05) is 12.6 Å². The quantitative estimate of drug-likeness (QED) is 0.867. The van der Waals surface area contributed by atoms with Crippen molar-refractivity contribution in [1.82, 2.24) is 15.2 Å². The summed E-state index contributed by atoms with van der Waals surface area (Å²) < 4.78 is 0. The molecule has 0 unspecified atom stereocenters. The lowest BCUT2D eigenvalue weighted by molar-refractivity contribution is -0.122. The van der Waals surface area contributed by atoms with Crippen LogP contribution in [-0.4, -0.2) is 40.8 Å². The number of hydrogen-bond acceptors (Lipinski definition) is 5. The van der Waals surface area contributed by atoms with E-state index in [-0.39, 0.29) is 23.9 Å². The topological polar surface area (TPSA) is 88.3 Å². The number of carbonyl (C=O) groups excluding carboxylic acids is 2. The van der Waals surface area contributed by atoms with Gasteiger partial charge in [-0.1, -0.05) is 11.3 Å². The second-order valence-corrected chi connectivity index (χ2v) is 6.46. The zero-order chi connectivity index (χ0) is 14.8. The van der Waals surface area contributed by atoms with Crippen LogP contribution in [0.15, 0.2) is 0 Å². The number of hydrogen-bond donors (Lipinski definition) is 2. The lowest BCUT2D eigenvalue weighted by atomic mass is 10.1. The number of nitrogens with one attached hydrogen (secondary N) is 1. The van der Waals surface area contributed by atoms with Gasteiger partial charge in [0.25, 0.3) is 5.91 Å². The van der Waals surface area contributed by atoms with Crippen LogP contribution in [0, 0.1) is 6.92 Å². The van der Waals surface area contributed by atoms with E-state index in [2.05, 4.69) is 10.3 Å². The minimum absolute atomic E-state index is 0.00729. The highest BCUT2D eigenvalue weighted by molar-refractivity contribution is 7.17. The fourth-order valence-corrected chi connectivity index (χ4v) is 2.36. The zero-order valence-electron chi connectivity index (χ0n) is 11.9. The predicted octanol–water partition coefficient (Wildman–Crippen LogP) is 1.02. The molecule has 1 aromatic heterocycles. The predicted molar refractivity (Wildman–Crippen MR) is 76.1 cm³/mol. The van der Waals surface area contributed by atoms with E-state index in [1.807, 2.05) is 20.8 Å². The van der Waals surface area contributed by atoms with E-state index in [1.165, 1.54) is 4.90 Å². The molecule has 0 atom stereocenters. The molecule has 0 aliphatic carbocycles. The number of thiazole rings is 1. The Labute approximate surface area is 117 Å². The Kier molecular flexibility index (Phi) is 4.52. The maximum Gasteiger partial charge on any atom is 0.266 e. The lowest BCUT2D eigenvalue weighted by Crippen LogP contribution is -2.46. The van der Waals surface area contributed by atoms with E-state index in [4.69, 9.17) is 5.73 Å². The molecule has 2 amide bonds. The van der Waals surface area contributed by atoms with Gasteiger partial charge in [0.15, 0.2) is 5.13 Å². The minimum Gasteiger partial charge on any atom is -0.375 e. The van der Waals surface area contributed by atoms with Crippen LogP contribution in [0.2, 0.25) is 0 Å². The highest BCUT2D eigenvalue weighted by Gasteiger charge is 2.21. The maximum atomic E-state index is 12.1. The third-order valence-electron chi connectivity index (χ3n) is 2.25. The number of aryl methyl sites for hydroxylation is 1. The van der Waals surface area contributed by atoms with Crippen LogP contribution in [0.25, 0.3) is 0 Å². The van der Waals surface area contributed by atoms with Gasteiger partial charge >= 0.3 is 0 Å². The van der Waals surface area contributed by atoms with E-state index in [0.717, 1.165) is 11.3 Å². The van der Waals surface area contributed by atoms with Crippen LogP contribution in [0.5, 0.6) is 0 Å². The van der Waals surface area contributed by atoms with Gasteiger partial charge in [0.2, 0.25) is 5.91 Å². The van der Waals surface area contributed by atoms with Crippen LogP contribution in [-0.2, 0) is 4.79 Å². The first-order valence-corrected chi connectivity index (χ1v) is 6.71. The van der Waals surface area contributed by atoms with Crippen LogP contribution >= 0.6 is 11.3 Å². The Morgan fingerprint density at radius 3 is 2.42 bits per heavy atom. The summed E-state index contributed by atoms with van der Waals surface area (Å²) in [5, 5.41) is 3.16. The number of rotatable bonds is 3. The van der Waals surface area contributed by atoms with Crippen LogP contribution < -0.4 is 11.1 Å². The van der Waals surface area contributed by atoms with Gasteiger partial charge in [-0.15, -0.1) is 0 Å². The Hall–Kier alpha value is -1.63. The van der Waals surface area contributed by atoms with Crippen LogP contribution in [0.1, 0.15) is 36.1 Å². The molecule has 1 aromatic rings. The molecule has 0 aliphatic heterocycles. The van der Waals surface area contributed by atoms with Gasteiger partial charge in [0.1, 0.15) is 4.88 Å². The Balaban J connectivity index is 2.68. The SMILES string of the molecule is Cc1nc(N)sc1C(=O)N(C)CC(=O)NC(C)(C)C. The molecule has 0 aliphatic rings. The van der Waals surface area contributed by atoms with Crippen molar-refractivity contribution in [3.63, 3.8) is 0 Å². The average Bonchev–Trinajstić information content (AvgIpc) is 2.53. The third kappa shape index (κ3) is 4.51. The summed E-state index contributed by atoms with van der Waals surface area (Å²) in [6, 6.07) is 0. The van der Waals surface area contributed by atoms with Gasteiger partial charge in [-0.3, -0.25) is 9.59 Å². The van der Waals surface area contributed by atoms with Crippen molar-refractivity contribution in [1.29, 1.82) is 0 Å². The summed E-state index contributed by atoms with van der Waals surface area (Å²) in [6.07, 6.45) is 0. The normalized spacial score (nSPS) is 11.2. The first-order chi connectivity index (χ1) is 8.60. The first-order valence-electron chi connectivity index (χ1n) is 5.89. The van der Waals surface area contributed by atoms with Crippen molar-refractivity contribution in [3.05, 3.63) is 10.6 Å². The lowest BCUT2D eigenvalue weighted by Gasteiger charge is -2.23. The standard InChI is InChI=1S/C12H20N4O2S/c1-7-9(19-11(13)14-7)10(18)16(5)6-8(17)15-12(2,3)4/h6H2,1-5H3,(H2,13,14)(H,15,17). The number of carbonyl (C=O) groups is 2. The molecule has 19 heavy (non-hydrogen) atoms. The van der Waals surface area contributed by atoms with Gasteiger partial charge < -0.3 is 16.0 Å². The molecule has 0 saturated heterocycles. The molecule has 6 nitrogen and oxygen atoms in total. The summed E-state index contributed by atoms with van der Waals surface area (Å²) in [5.74, 6) is -0.436. The minimum atomic E-state index is -0.314. The van der Waals surface area contributed by atoms with Crippen LogP contribution in [0.3, 0.4) is 0 Å². The summed E-state index contributed by atoms with van der Waals surface area (Å²) in [7, 11) is 1.58. The van der Waals surface area contributed by atoms with E-state index in [9.17, 15) is 9.59 Å². The Morgan fingerprint density at radius 2 is 2.00 bits per heavy atom. The summed E-state index contributed by atoms with van der Waals surface area (Å²) in [4.78, 5) is 29.7. The molecule has 0 spiro atoms. The number of likely N-dealkylation sites (N-methyl/N-ethyl adjacent to an activating group) is 1. The van der Waals surface area contributed by atoms with Crippen molar-refractivity contribution >= 4 is 28.3 Å². The number of nitrogens with zero attached hydrogens (tertiary/aromatic N) is 2. The van der Waals surface area contributed by atoms with Gasteiger partial charge in [-0.25, -0.2) is 4.98 Å². The number of nitrogen functional groups attached to an aromatic ring is 1. The highest BCUT2D eigenvalue weighted by Crippen LogP contribution is 2.20. The second kappa shape index (κ2) is 5.56. The number of anilines is 1. The molecular weight excluding hydrogens is 264 g/mol. The molecule has 0 bridgehead atoms. The molecule has 0 radical (unpaired) electrons. The zero-order valence-corrected chi connectivity index (χ0v) is 12.7. The van der Waals surface area contributed by atoms with Gasteiger partial charge in [0.05, 0.1) is 12.2 Å². The largest absolute Gasteiger partial charge is 0.375 e. The van der Waals surface area contributed by atoms with E-state index >= 15 is 0 Å². The van der Waals surface area contributed by atoms with Crippen molar-refractivity contribution in [2.24, 2.45) is 0 Å². The van der Waals surface area contributed by atoms with Crippen molar-refractivity contribution in [2.75, 3.05) is 19.3 Å². The van der Waals surface area contributed by atoms with E-state index < -0.39 is 0 Å². The second-order valence-electron chi connectivity index (χ2n) is 5.43. The molecule has 7 heteroatoms. The fraction of sp³-hybridized carbons (Fsp3) is 0.583. The van der Waals surface area contributed by atoms with Crippen molar-refractivity contribution in [2.45, 2.75) is 33.2 Å². The molecule has 3 N–H and O–H groups in total. The molecule has 1 heterocycles. The van der Waals surface area contributed by atoms with Crippen molar-refractivity contribution < 1.29 is 9.59 Å². The Morgan fingerprint density at radius 1 is 1.42 bits per heavy atom.